The fourth-order valence-corrected chi connectivity index (χ4v) is 5.43. The zero-order valence-corrected chi connectivity index (χ0v) is 21.5. The average Bonchev–Trinajstić information content (AvgIpc) is 3.12. The molecule has 0 saturated heterocycles. The van der Waals surface area contributed by atoms with Crippen molar-refractivity contribution in [3.05, 3.63) is 123 Å². The van der Waals surface area contributed by atoms with Gasteiger partial charge in [-0.2, -0.15) is 5.26 Å². The molecule has 1 amide bonds. The van der Waals surface area contributed by atoms with Gasteiger partial charge >= 0.3 is 5.97 Å². The van der Waals surface area contributed by atoms with Crippen molar-refractivity contribution in [1.29, 1.82) is 5.26 Å². The summed E-state index contributed by atoms with van der Waals surface area (Å²) >= 11 is 3.47. The molecule has 5 rings (SSSR count). The van der Waals surface area contributed by atoms with Crippen molar-refractivity contribution in [1.82, 2.24) is 0 Å². The molecule has 3 aromatic carbocycles. The molecule has 3 aromatic rings. The maximum atomic E-state index is 14.5. The smallest absolute Gasteiger partial charge is 0.339 e. The maximum Gasteiger partial charge on any atom is 0.339 e. The van der Waals surface area contributed by atoms with Crippen LogP contribution in [0.4, 0.5) is 5.69 Å². The number of benzene rings is 3. The lowest BCUT2D eigenvalue weighted by molar-refractivity contribution is -0.142. The van der Waals surface area contributed by atoms with E-state index in [4.69, 9.17) is 15.2 Å². The van der Waals surface area contributed by atoms with Crippen LogP contribution in [0.15, 0.2) is 106 Å². The van der Waals surface area contributed by atoms with Gasteiger partial charge in [-0.25, -0.2) is 4.79 Å². The first-order valence-corrected chi connectivity index (χ1v) is 12.3. The molecule has 0 unspecified atom stereocenters. The summed E-state index contributed by atoms with van der Waals surface area (Å²) in [6, 6.07) is 26.0. The minimum absolute atomic E-state index is 0.00872. The van der Waals surface area contributed by atoms with Crippen LogP contribution in [-0.2, 0) is 37.6 Å². The number of esters is 1. The predicted molar refractivity (Wildman–Crippen MR) is 140 cm³/mol. The van der Waals surface area contributed by atoms with Crippen molar-refractivity contribution in [2.45, 2.75) is 25.5 Å². The zero-order chi connectivity index (χ0) is 26.2. The van der Waals surface area contributed by atoms with E-state index in [1.165, 1.54) is 0 Å². The predicted octanol–water partition coefficient (Wildman–Crippen LogP) is 4.98. The number of fused-ring (bicyclic) bond motifs is 2. The zero-order valence-electron chi connectivity index (χ0n) is 19.9. The third-order valence-electron chi connectivity index (χ3n) is 6.53. The number of anilines is 1. The molecule has 0 aliphatic carbocycles. The molecule has 0 fully saturated rings. The van der Waals surface area contributed by atoms with Gasteiger partial charge in [0, 0.05) is 15.7 Å². The number of hydrogen-bond donors (Lipinski definition) is 1. The van der Waals surface area contributed by atoms with Gasteiger partial charge in [-0.15, -0.1) is 0 Å². The van der Waals surface area contributed by atoms with E-state index in [1.807, 2.05) is 60.7 Å². The maximum absolute atomic E-state index is 14.5. The Hall–Kier alpha value is -4.35. The minimum Gasteiger partial charge on any atom is -0.457 e. The summed E-state index contributed by atoms with van der Waals surface area (Å²) in [6.45, 7) is 1.77. The van der Waals surface area contributed by atoms with Crippen molar-refractivity contribution in [2.75, 3.05) is 4.90 Å². The Morgan fingerprint density at radius 2 is 1.78 bits per heavy atom. The number of nitrogens with two attached hydrogens (primary N) is 1. The van der Waals surface area contributed by atoms with E-state index < -0.39 is 17.3 Å². The standard InChI is InChI=1S/C29H22BrN3O4/c1-18-25(27(34)36-17-19-8-3-2-4-9-19)29(23(15-31)26(32)37-18)22-12-5-6-13-24(22)33(28(29)35)16-20-10-7-11-21(30)14-20/h2-14H,16-17,32H2,1H3/t29-/m0/s1. The average molecular weight is 556 g/mol. The van der Waals surface area contributed by atoms with E-state index >= 15 is 0 Å². The quantitative estimate of drug-likeness (QED) is 0.445. The highest BCUT2D eigenvalue weighted by Gasteiger charge is 2.62. The van der Waals surface area contributed by atoms with E-state index in [2.05, 4.69) is 22.0 Å². The monoisotopic (exact) mass is 555 g/mol. The second-order valence-corrected chi connectivity index (χ2v) is 9.65. The van der Waals surface area contributed by atoms with Crippen molar-refractivity contribution < 1.29 is 19.1 Å². The summed E-state index contributed by atoms with van der Waals surface area (Å²) in [4.78, 5) is 29.7. The number of allylic oxidation sites excluding steroid dienone is 1. The van der Waals surface area contributed by atoms with Crippen molar-refractivity contribution in [3.63, 3.8) is 0 Å². The van der Waals surface area contributed by atoms with Gasteiger partial charge in [0.1, 0.15) is 29.6 Å². The van der Waals surface area contributed by atoms with Gasteiger partial charge in [0.2, 0.25) is 11.8 Å². The van der Waals surface area contributed by atoms with Crippen LogP contribution < -0.4 is 10.6 Å². The highest BCUT2D eigenvalue weighted by Crippen LogP contribution is 2.54. The summed E-state index contributed by atoms with van der Waals surface area (Å²) in [5, 5.41) is 10.2. The molecule has 1 spiro atoms. The summed E-state index contributed by atoms with van der Waals surface area (Å²) in [6.07, 6.45) is 0. The lowest BCUT2D eigenvalue weighted by Gasteiger charge is -2.34. The number of rotatable bonds is 5. The molecule has 0 saturated carbocycles. The number of nitriles is 1. The first-order chi connectivity index (χ1) is 17.9. The molecule has 2 N–H and O–H groups in total. The number of para-hydroxylation sites is 1. The Morgan fingerprint density at radius 1 is 1.08 bits per heavy atom. The topological polar surface area (TPSA) is 106 Å². The molecule has 0 bridgehead atoms. The van der Waals surface area contributed by atoms with Gasteiger partial charge in [0.15, 0.2) is 5.41 Å². The molecule has 2 aliphatic heterocycles. The molecule has 2 aliphatic rings. The molecular weight excluding hydrogens is 534 g/mol. The molecule has 37 heavy (non-hydrogen) atoms. The van der Waals surface area contributed by atoms with Crippen molar-refractivity contribution in [3.8, 4) is 6.07 Å². The van der Waals surface area contributed by atoms with Crippen LogP contribution in [0.3, 0.4) is 0 Å². The van der Waals surface area contributed by atoms with E-state index in [1.54, 1.807) is 30.0 Å². The second kappa shape index (κ2) is 9.60. The fourth-order valence-electron chi connectivity index (χ4n) is 4.98. The van der Waals surface area contributed by atoms with E-state index in [-0.39, 0.29) is 35.9 Å². The molecule has 8 heteroatoms. The van der Waals surface area contributed by atoms with Crippen LogP contribution >= 0.6 is 15.9 Å². The number of hydrogen-bond acceptors (Lipinski definition) is 6. The fraction of sp³-hybridized carbons (Fsp3) is 0.138. The van der Waals surface area contributed by atoms with E-state index in [0.717, 1.165) is 15.6 Å². The summed E-state index contributed by atoms with van der Waals surface area (Å²) in [5.41, 5.74) is 6.89. The number of carbonyl (C=O) groups excluding carboxylic acids is 2. The molecular formula is C29H22BrN3O4. The summed E-state index contributed by atoms with van der Waals surface area (Å²) in [7, 11) is 0. The molecule has 7 nitrogen and oxygen atoms in total. The number of carbonyl (C=O) groups is 2. The Bertz CT molecular complexity index is 1520. The third-order valence-corrected chi connectivity index (χ3v) is 7.03. The molecule has 1 atom stereocenters. The normalized spacial score (nSPS) is 18.5. The molecule has 0 radical (unpaired) electrons. The van der Waals surface area contributed by atoms with Gasteiger partial charge in [0.25, 0.3) is 0 Å². The highest BCUT2D eigenvalue weighted by atomic mass is 79.9. The number of halogens is 1. The molecule has 184 valence electrons. The lowest BCUT2D eigenvalue weighted by Crippen LogP contribution is -2.48. The van der Waals surface area contributed by atoms with Gasteiger partial charge in [-0.05, 0) is 36.2 Å². The van der Waals surface area contributed by atoms with Crippen molar-refractivity contribution >= 4 is 33.5 Å². The van der Waals surface area contributed by atoms with Crippen molar-refractivity contribution in [2.24, 2.45) is 5.73 Å². The van der Waals surface area contributed by atoms with E-state index in [0.29, 0.717) is 11.3 Å². The number of nitrogens with zero attached hydrogens (tertiary/aromatic N) is 2. The van der Waals surface area contributed by atoms with Gasteiger partial charge < -0.3 is 20.1 Å². The van der Waals surface area contributed by atoms with Crippen LogP contribution in [0.25, 0.3) is 0 Å². The minimum atomic E-state index is -1.79. The highest BCUT2D eigenvalue weighted by molar-refractivity contribution is 9.10. The largest absolute Gasteiger partial charge is 0.457 e. The van der Waals surface area contributed by atoms with Gasteiger partial charge in [-0.3, -0.25) is 4.79 Å². The van der Waals surface area contributed by atoms with Crippen LogP contribution in [-0.4, -0.2) is 11.9 Å². The summed E-state index contributed by atoms with van der Waals surface area (Å²) in [5.74, 6) is -1.33. The van der Waals surface area contributed by atoms with Crippen LogP contribution in [0.1, 0.15) is 23.6 Å². The first kappa shape index (κ1) is 24.3. The van der Waals surface area contributed by atoms with Gasteiger partial charge in [-0.1, -0.05) is 76.6 Å². The van der Waals surface area contributed by atoms with Crippen LogP contribution in [0.5, 0.6) is 0 Å². The van der Waals surface area contributed by atoms with Gasteiger partial charge in [0.05, 0.1) is 6.54 Å². The Balaban J connectivity index is 1.65. The Morgan fingerprint density at radius 3 is 2.51 bits per heavy atom. The Labute approximate surface area is 222 Å². The third kappa shape index (κ3) is 3.98. The molecule has 2 heterocycles. The molecule has 0 aromatic heterocycles. The van der Waals surface area contributed by atoms with Crippen LogP contribution in [0.2, 0.25) is 0 Å². The SMILES string of the molecule is CC1=C(C(=O)OCc2ccccc2)[C@@]2(C(=O)N(Cc3cccc(Br)c3)c3ccccc32)C(C#N)=C(N)O1. The van der Waals surface area contributed by atoms with E-state index in [9.17, 15) is 14.9 Å². The number of amides is 1. The number of ether oxygens (including phenoxy) is 2. The second-order valence-electron chi connectivity index (χ2n) is 8.73. The Kier molecular flexibility index (Phi) is 6.32. The first-order valence-electron chi connectivity index (χ1n) is 11.5. The summed E-state index contributed by atoms with van der Waals surface area (Å²) < 4.78 is 12.2. The van der Waals surface area contributed by atoms with Crippen LogP contribution in [0, 0.1) is 11.3 Å². The lowest BCUT2D eigenvalue weighted by atomic mass is 9.68.